The van der Waals surface area contributed by atoms with Gasteiger partial charge in [-0.05, 0) is 36.8 Å². The van der Waals surface area contributed by atoms with Crippen molar-refractivity contribution in [1.29, 1.82) is 0 Å². The SMILES string of the molecule is COc1ccc(-c2oc(-c3ccccc3)c(-c3ccccc3)c2C)cc1. The van der Waals surface area contributed by atoms with Gasteiger partial charge in [0.25, 0.3) is 0 Å². The molecule has 1 aromatic heterocycles. The van der Waals surface area contributed by atoms with Gasteiger partial charge in [-0.15, -0.1) is 0 Å². The first-order valence-corrected chi connectivity index (χ1v) is 8.66. The largest absolute Gasteiger partial charge is 0.497 e. The minimum Gasteiger partial charge on any atom is -0.497 e. The maximum absolute atomic E-state index is 6.40. The van der Waals surface area contributed by atoms with Crippen LogP contribution < -0.4 is 4.74 Å². The standard InChI is InChI=1S/C24H20O2/c1-17-22(18-9-5-3-6-10-18)24(19-11-7-4-8-12-19)26-23(17)20-13-15-21(25-2)16-14-20/h3-16H,1-2H3. The van der Waals surface area contributed by atoms with E-state index < -0.39 is 0 Å². The van der Waals surface area contributed by atoms with Gasteiger partial charge < -0.3 is 9.15 Å². The summed E-state index contributed by atoms with van der Waals surface area (Å²) in [6.07, 6.45) is 0. The lowest BCUT2D eigenvalue weighted by Gasteiger charge is -2.04. The van der Waals surface area contributed by atoms with E-state index in [1.54, 1.807) is 7.11 Å². The summed E-state index contributed by atoms with van der Waals surface area (Å²) in [5.74, 6) is 2.63. The third-order valence-electron chi connectivity index (χ3n) is 4.60. The van der Waals surface area contributed by atoms with Gasteiger partial charge in [-0.3, -0.25) is 0 Å². The van der Waals surface area contributed by atoms with Crippen molar-refractivity contribution in [3.63, 3.8) is 0 Å². The van der Waals surface area contributed by atoms with Crippen LogP contribution >= 0.6 is 0 Å². The maximum atomic E-state index is 6.40. The molecule has 26 heavy (non-hydrogen) atoms. The topological polar surface area (TPSA) is 22.4 Å². The fourth-order valence-corrected chi connectivity index (χ4v) is 3.28. The molecular weight excluding hydrogens is 320 g/mol. The lowest BCUT2D eigenvalue weighted by molar-refractivity contribution is 0.415. The fourth-order valence-electron chi connectivity index (χ4n) is 3.28. The van der Waals surface area contributed by atoms with Crippen molar-refractivity contribution in [3.05, 3.63) is 90.5 Å². The zero-order chi connectivity index (χ0) is 17.9. The molecule has 0 fully saturated rings. The summed E-state index contributed by atoms with van der Waals surface area (Å²) >= 11 is 0. The first-order valence-electron chi connectivity index (χ1n) is 8.66. The molecule has 0 N–H and O–H groups in total. The summed E-state index contributed by atoms with van der Waals surface area (Å²) in [5.41, 5.74) is 5.56. The van der Waals surface area contributed by atoms with Gasteiger partial charge >= 0.3 is 0 Å². The molecule has 128 valence electrons. The minimum absolute atomic E-state index is 0.838. The van der Waals surface area contributed by atoms with Gasteiger partial charge in [-0.1, -0.05) is 60.7 Å². The molecule has 0 spiro atoms. The van der Waals surface area contributed by atoms with Crippen LogP contribution in [0.3, 0.4) is 0 Å². The third kappa shape index (κ3) is 2.91. The molecule has 0 atom stereocenters. The van der Waals surface area contributed by atoms with Crippen molar-refractivity contribution in [2.45, 2.75) is 6.92 Å². The maximum Gasteiger partial charge on any atom is 0.142 e. The van der Waals surface area contributed by atoms with Gasteiger partial charge in [0.05, 0.1) is 7.11 Å². The zero-order valence-electron chi connectivity index (χ0n) is 14.9. The van der Waals surface area contributed by atoms with E-state index in [1.165, 1.54) is 0 Å². The molecule has 0 radical (unpaired) electrons. The summed E-state index contributed by atoms with van der Waals surface area (Å²) in [7, 11) is 1.67. The van der Waals surface area contributed by atoms with Gasteiger partial charge in [-0.2, -0.15) is 0 Å². The van der Waals surface area contributed by atoms with Gasteiger partial charge in [0.1, 0.15) is 17.3 Å². The van der Waals surface area contributed by atoms with Gasteiger partial charge in [0.15, 0.2) is 0 Å². The molecule has 0 amide bonds. The first-order chi connectivity index (χ1) is 12.8. The second-order valence-electron chi connectivity index (χ2n) is 6.22. The van der Waals surface area contributed by atoms with Crippen molar-refractivity contribution in [3.8, 4) is 39.5 Å². The smallest absolute Gasteiger partial charge is 0.142 e. The zero-order valence-corrected chi connectivity index (χ0v) is 14.9. The second kappa shape index (κ2) is 6.93. The average Bonchev–Trinajstić information content (AvgIpc) is 3.06. The molecule has 2 heteroatoms. The van der Waals surface area contributed by atoms with Gasteiger partial charge in [0, 0.05) is 22.3 Å². The van der Waals surface area contributed by atoms with Crippen molar-refractivity contribution in [2.24, 2.45) is 0 Å². The van der Waals surface area contributed by atoms with E-state index in [0.717, 1.165) is 45.1 Å². The molecule has 1 heterocycles. The van der Waals surface area contributed by atoms with E-state index in [0.29, 0.717) is 0 Å². The molecule has 0 bridgehead atoms. The van der Waals surface area contributed by atoms with Crippen LogP contribution in [0.4, 0.5) is 0 Å². The number of rotatable bonds is 4. The number of methoxy groups -OCH3 is 1. The Morgan fingerprint density at radius 2 is 1.15 bits per heavy atom. The molecule has 0 unspecified atom stereocenters. The molecule has 4 rings (SSSR count). The highest BCUT2D eigenvalue weighted by atomic mass is 16.5. The Morgan fingerprint density at radius 1 is 0.615 bits per heavy atom. The fraction of sp³-hybridized carbons (Fsp3) is 0.0833. The van der Waals surface area contributed by atoms with Crippen LogP contribution in [-0.2, 0) is 0 Å². The van der Waals surface area contributed by atoms with E-state index in [2.05, 4.69) is 43.3 Å². The van der Waals surface area contributed by atoms with Crippen molar-refractivity contribution in [1.82, 2.24) is 0 Å². The Balaban J connectivity index is 1.93. The van der Waals surface area contributed by atoms with Crippen LogP contribution in [0.25, 0.3) is 33.8 Å². The number of furan rings is 1. The predicted molar refractivity (Wildman–Crippen MR) is 106 cm³/mol. The van der Waals surface area contributed by atoms with Crippen LogP contribution in [0.15, 0.2) is 89.3 Å². The molecule has 0 aliphatic heterocycles. The predicted octanol–water partition coefficient (Wildman–Crippen LogP) is 6.60. The van der Waals surface area contributed by atoms with E-state index in [1.807, 2.05) is 48.5 Å². The Labute approximate surface area is 153 Å². The quantitative estimate of drug-likeness (QED) is 0.418. The lowest BCUT2D eigenvalue weighted by Crippen LogP contribution is -1.84. The van der Waals surface area contributed by atoms with Crippen LogP contribution in [0.1, 0.15) is 5.56 Å². The summed E-state index contributed by atoms with van der Waals surface area (Å²) < 4.78 is 11.7. The second-order valence-corrected chi connectivity index (χ2v) is 6.22. The van der Waals surface area contributed by atoms with Crippen LogP contribution in [0, 0.1) is 6.92 Å². The average molecular weight is 340 g/mol. The molecule has 0 aliphatic rings. The van der Waals surface area contributed by atoms with Crippen LogP contribution in [-0.4, -0.2) is 7.11 Å². The summed E-state index contributed by atoms with van der Waals surface area (Å²) in [6.45, 7) is 2.12. The lowest BCUT2D eigenvalue weighted by atomic mass is 9.96. The molecular formula is C24H20O2. The number of benzene rings is 3. The molecule has 4 aromatic rings. The summed E-state index contributed by atoms with van der Waals surface area (Å²) in [4.78, 5) is 0. The molecule has 0 aliphatic carbocycles. The number of hydrogen-bond donors (Lipinski definition) is 0. The Hall–Kier alpha value is -3.26. The van der Waals surface area contributed by atoms with E-state index >= 15 is 0 Å². The first kappa shape index (κ1) is 16.2. The van der Waals surface area contributed by atoms with E-state index in [4.69, 9.17) is 9.15 Å². The Kier molecular flexibility index (Phi) is 4.32. The highest BCUT2D eigenvalue weighted by Gasteiger charge is 2.20. The Bertz CT molecular complexity index is 998. The number of ether oxygens (including phenoxy) is 1. The van der Waals surface area contributed by atoms with Crippen LogP contribution in [0.2, 0.25) is 0 Å². The highest BCUT2D eigenvalue weighted by Crippen LogP contribution is 2.42. The van der Waals surface area contributed by atoms with Gasteiger partial charge in [-0.25, -0.2) is 0 Å². The van der Waals surface area contributed by atoms with E-state index in [-0.39, 0.29) is 0 Å². The number of hydrogen-bond acceptors (Lipinski definition) is 2. The van der Waals surface area contributed by atoms with Gasteiger partial charge in [0.2, 0.25) is 0 Å². The van der Waals surface area contributed by atoms with Crippen molar-refractivity contribution >= 4 is 0 Å². The monoisotopic (exact) mass is 340 g/mol. The van der Waals surface area contributed by atoms with Crippen molar-refractivity contribution < 1.29 is 9.15 Å². The highest BCUT2D eigenvalue weighted by molar-refractivity contribution is 5.87. The minimum atomic E-state index is 0.838. The Morgan fingerprint density at radius 3 is 1.73 bits per heavy atom. The molecule has 2 nitrogen and oxygen atoms in total. The van der Waals surface area contributed by atoms with Crippen molar-refractivity contribution in [2.75, 3.05) is 7.11 Å². The molecule has 0 saturated heterocycles. The summed E-state index contributed by atoms with van der Waals surface area (Å²) in [5, 5.41) is 0. The molecule has 0 saturated carbocycles. The van der Waals surface area contributed by atoms with E-state index in [9.17, 15) is 0 Å². The third-order valence-corrected chi connectivity index (χ3v) is 4.60. The van der Waals surface area contributed by atoms with Crippen LogP contribution in [0.5, 0.6) is 5.75 Å². The normalized spacial score (nSPS) is 10.7. The summed E-state index contributed by atoms with van der Waals surface area (Å²) in [6, 6.07) is 28.7. The molecule has 3 aromatic carbocycles.